The number of nitrogens with two attached hydrogens (primary N) is 1. The highest BCUT2D eigenvalue weighted by Crippen LogP contribution is 2.03. The third kappa shape index (κ3) is 4.76. The molecule has 0 unspecified atom stereocenters. The fraction of sp³-hybridized carbons (Fsp3) is 0.333. The van der Waals surface area contributed by atoms with Crippen LogP contribution >= 0.6 is 0 Å². The summed E-state index contributed by atoms with van der Waals surface area (Å²) < 4.78 is 0. The topological polar surface area (TPSA) is 84.2 Å². The number of carbonyl (C=O) groups excluding carboxylic acids is 2. The van der Waals surface area contributed by atoms with Crippen LogP contribution < -0.4 is 16.4 Å². The van der Waals surface area contributed by atoms with Crippen molar-refractivity contribution in [3.05, 3.63) is 35.9 Å². The molecule has 0 saturated heterocycles. The van der Waals surface area contributed by atoms with E-state index in [-0.39, 0.29) is 19.1 Å². The number of hydrogen-bond acceptors (Lipinski definition) is 4. The van der Waals surface area contributed by atoms with Gasteiger partial charge in [-0.25, -0.2) is 0 Å². The molecule has 0 aliphatic carbocycles. The van der Waals surface area contributed by atoms with Crippen molar-refractivity contribution in [2.75, 3.05) is 13.2 Å². The smallest absolute Gasteiger partial charge is 0.237 e. The van der Waals surface area contributed by atoms with Crippen LogP contribution in [0.2, 0.25) is 0 Å². The third-order valence-corrected chi connectivity index (χ3v) is 2.32. The molecule has 0 saturated carbocycles. The van der Waals surface area contributed by atoms with Gasteiger partial charge in [0.2, 0.25) is 5.91 Å². The van der Waals surface area contributed by atoms with Gasteiger partial charge in [-0.3, -0.25) is 10.1 Å². The summed E-state index contributed by atoms with van der Waals surface area (Å²) >= 11 is 0. The molecule has 0 spiro atoms. The molecule has 0 aromatic heterocycles. The van der Waals surface area contributed by atoms with Gasteiger partial charge in [0.1, 0.15) is 6.29 Å². The number of aldehydes is 1. The molecule has 1 aromatic carbocycles. The molecule has 0 bridgehead atoms. The van der Waals surface area contributed by atoms with E-state index in [1.54, 1.807) is 0 Å². The molecule has 0 aliphatic heterocycles. The molecule has 5 nitrogen and oxygen atoms in total. The summed E-state index contributed by atoms with van der Waals surface area (Å²) in [5.74, 6) is -0.216. The lowest BCUT2D eigenvalue weighted by Gasteiger charge is -2.16. The zero-order valence-electron chi connectivity index (χ0n) is 9.56. The predicted octanol–water partition coefficient (Wildman–Crippen LogP) is -0.581. The molecule has 4 N–H and O–H groups in total. The Morgan fingerprint density at radius 2 is 2.06 bits per heavy atom. The van der Waals surface area contributed by atoms with Crippen molar-refractivity contribution in [2.24, 2.45) is 5.73 Å². The molecule has 92 valence electrons. The van der Waals surface area contributed by atoms with E-state index < -0.39 is 6.04 Å². The van der Waals surface area contributed by atoms with Gasteiger partial charge in [0.15, 0.2) is 0 Å². The zero-order chi connectivity index (χ0) is 12.5. The molecule has 0 fully saturated rings. The van der Waals surface area contributed by atoms with Crippen LogP contribution in [0.3, 0.4) is 0 Å². The molecule has 1 rings (SSSR count). The summed E-state index contributed by atoms with van der Waals surface area (Å²) in [7, 11) is 0. The average Bonchev–Trinajstić information content (AvgIpc) is 2.36. The average molecular weight is 235 g/mol. The monoisotopic (exact) mass is 235 g/mol. The Morgan fingerprint density at radius 1 is 1.35 bits per heavy atom. The normalized spacial score (nSPS) is 11.8. The lowest BCUT2D eigenvalue weighted by Crippen LogP contribution is -2.47. The van der Waals surface area contributed by atoms with E-state index >= 15 is 0 Å². The Bertz CT molecular complexity index is 354. The van der Waals surface area contributed by atoms with Crippen molar-refractivity contribution in [1.82, 2.24) is 10.6 Å². The second kappa shape index (κ2) is 7.54. The second-order valence-corrected chi connectivity index (χ2v) is 3.56. The fourth-order valence-corrected chi connectivity index (χ4v) is 1.52. The van der Waals surface area contributed by atoms with Crippen LogP contribution in [0.5, 0.6) is 0 Å². The number of carbonyl (C=O) groups is 2. The van der Waals surface area contributed by atoms with Crippen molar-refractivity contribution < 1.29 is 9.59 Å². The van der Waals surface area contributed by atoms with Gasteiger partial charge >= 0.3 is 0 Å². The maximum atomic E-state index is 11.7. The van der Waals surface area contributed by atoms with Crippen LogP contribution in [0.1, 0.15) is 5.56 Å². The summed E-state index contributed by atoms with van der Waals surface area (Å²) in [5.41, 5.74) is 6.43. The highest BCUT2D eigenvalue weighted by molar-refractivity contribution is 5.83. The van der Waals surface area contributed by atoms with Gasteiger partial charge in [0, 0.05) is 6.67 Å². The Balaban J connectivity index is 2.59. The first-order chi connectivity index (χ1) is 8.27. The van der Waals surface area contributed by atoms with Gasteiger partial charge in [-0.15, -0.1) is 0 Å². The third-order valence-electron chi connectivity index (χ3n) is 2.32. The van der Waals surface area contributed by atoms with Gasteiger partial charge in [-0.1, -0.05) is 30.3 Å². The number of nitrogens with one attached hydrogen (secondary N) is 2. The maximum absolute atomic E-state index is 11.7. The molecule has 0 radical (unpaired) electrons. The van der Waals surface area contributed by atoms with Crippen LogP contribution in [-0.2, 0) is 16.0 Å². The van der Waals surface area contributed by atoms with Crippen LogP contribution in [0.25, 0.3) is 0 Å². The van der Waals surface area contributed by atoms with Crippen molar-refractivity contribution in [3.8, 4) is 0 Å². The molecule has 5 heteroatoms. The molecule has 0 heterocycles. The highest BCUT2D eigenvalue weighted by Gasteiger charge is 2.16. The largest absolute Gasteiger partial charge is 0.348 e. The van der Waals surface area contributed by atoms with Crippen LogP contribution in [0.15, 0.2) is 30.3 Å². The summed E-state index contributed by atoms with van der Waals surface area (Å²) in [6.45, 7) is 0.238. The quantitative estimate of drug-likeness (QED) is 0.436. The van der Waals surface area contributed by atoms with Crippen molar-refractivity contribution in [2.45, 2.75) is 12.5 Å². The summed E-state index contributed by atoms with van der Waals surface area (Å²) in [5, 5.41) is 5.40. The molecule has 17 heavy (non-hydrogen) atoms. The first-order valence-electron chi connectivity index (χ1n) is 5.46. The minimum atomic E-state index is -0.414. The van der Waals surface area contributed by atoms with Crippen molar-refractivity contribution in [3.63, 3.8) is 0 Å². The van der Waals surface area contributed by atoms with Gasteiger partial charge < -0.3 is 15.8 Å². The van der Waals surface area contributed by atoms with Gasteiger partial charge in [-0.2, -0.15) is 0 Å². The van der Waals surface area contributed by atoms with E-state index in [4.69, 9.17) is 5.73 Å². The van der Waals surface area contributed by atoms with E-state index in [1.165, 1.54) is 0 Å². The maximum Gasteiger partial charge on any atom is 0.237 e. The molecular weight excluding hydrogens is 218 g/mol. The molecule has 1 atom stereocenters. The van der Waals surface area contributed by atoms with E-state index in [9.17, 15) is 9.59 Å². The number of rotatable bonds is 7. The van der Waals surface area contributed by atoms with Crippen molar-refractivity contribution >= 4 is 12.2 Å². The van der Waals surface area contributed by atoms with Crippen LogP contribution in [0.4, 0.5) is 0 Å². The Kier molecular flexibility index (Phi) is 5.92. The summed E-state index contributed by atoms with van der Waals surface area (Å²) in [4.78, 5) is 21.9. The summed E-state index contributed by atoms with van der Waals surface area (Å²) in [6.07, 6.45) is 1.20. The Morgan fingerprint density at radius 3 is 2.65 bits per heavy atom. The standard InChI is InChI=1S/C12H17N3O2/c13-9-15-11(12(17)14-6-7-16)8-10-4-2-1-3-5-10/h1-5,7,11,15H,6,8-9,13H2,(H,14,17)/t11-/m1/s1. The second-order valence-electron chi connectivity index (χ2n) is 3.56. The Hall–Kier alpha value is -1.72. The zero-order valence-corrected chi connectivity index (χ0v) is 9.56. The lowest BCUT2D eigenvalue weighted by molar-refractivity contribution is -0.124. The van der Waals surface area contributed by atoms with Gasteiger partial charge in [0.25, 0.3) is 0 Å². The first kappa shape index (κ1) is 13.3. The molecule has 1 aromatic rings. The van der Waals surface area contributed by atoms with Crippen molar-refractivity contribution in [1.29, 1.82) is 0 Å². The SMILES string of the molecule is NCN[C@H](Cc1ccccc1)C(=O)NCC=O. The van der Waals surface area contributed by atoms with E-state index in [0.717, 1.165) is 5.56 Å². The molecular formula is C12H17N3O2. The lowest BCUT2D eigenvalue weighted by atomic mass is 10.1. The van der Waals surface area contributed by atoms with Crippen LogP contribution in [-0.4, -0.2) is 31.4 Å². The van der Waals surface area contributed by atoms with E-state index in [1.807, 2.05) is 30.3 Å². The first-order valence-corrected chi connectivity index (χ1v) is 5.46. The minimum absolute atomic E-state index is 0.0242. The van der Waals surface area contributed by atoms with Crippen LogP contribution in [0, 0.1) is 0 Å². The Labute approximate surface area is 100 Å². The number of hydrogen-bond donors (Lipinski definition) is 3. The number of benzene rings is 1. The van der Waals surface area contributed by atoms with E-state index in [2.05, 4.69) is 10.6 Å². The predicted molar refractivity (Wildman–Crippen MR) is 65.2 cm³/mol. The minimum Gasteiger partial charge on any atom is -0.348 e. The fourth-order valence-electron chi connectivity index (χ4n) is 1.52. The summed E-state index contributed by atoms with van der Waals surface area (Å²) in [6, 6.07) is 9.22. The van der Waals surface area contributed by atoms with E-state index in [0.29, 0.717) is 12.7 Å². The molecule has 0 aliphatic rings. The van der Waals surface area contributed by atoms with Gasteiger partial charge in [-0.05, 0) is 12.0 Å². The highest BCUT2D eigenvalue weighted by atomic mass is 16.2. The van der Waals surface area contributed by atoms with Gasteiger partial charge in [0.05, 0.1) is 12.6 Å². The molecule has 1 amide bonds. The number of amides is 1.